The first kappa shape index (κ1) is 26.1. The summed E-state index contributed by atoms with van der Waals surface area (Å²) in [7, 11) is -3.98. The number of ether oxygens (including phenoxy) is 1. The van der Waals surface area contributed by atoms with E-state index in [1.165, 1.54) is 12.1 Å². The highest BCUT2D eigenvalue weighted by Crippen LogP contribution is 2.38. The Morgan fingerprint density at radius 2 is 1.76 bits per heavy atom. The predicted octanol–water partition coefficient (Wildman–Crippen LogP) is 4.74. The van der Waals surface area contributed by atoms with Gasteiger partial charge in [-0.2, -0.15) is 8.42 Å². The van der Waals surface area contributed by atoms with Gasteiger partial charge in [-0.1, -0.05) is 44.2 Å². The van der Waals surface area contributed by atoms with Crippen LogP contribution in [0.3, 0.4) is 0 Å². The molecule has 8 nitrogen and oxygen atoms in total. The van der Waals surface area contributed by atoms with Crippen LogP contribution in [0.15, 0.2) is 82.7 Å². The average molecular weight is 534 g/mol. The topological polar surface area (TPSA) is 97.3 Å². The van der Waals surface area contributed by atoms with Crippen molar-refractivity contribution in [1.82, 2.24) is 0 Å². The lowest BCUT2D eigenvalue weighted by Gasteiger charge is -2.28. The normalized spacial score (nSPS) is 18.0. The predicted molar refractivity (Wildman–Crippen MR) is 148 cm³/mol. The molecule has 1 unspecified atom stereocenters. The van der Waals surface area contributed by atoms with Crippen LogP contribution < -0.4 is 10.2 Å². The summed E-state index contributed by atoms with van der Waals surface area (Å²) in [6.07, 6.45) is 0. The summed E-state index contributed by atoms with van der Waals surface area (Å²) in [4.78, 5) is 20.5. The summed E-state index contributed by atoms with van der Waals surface area (Å²) in [6, 6.07) is 22.0. The standard InChI is InChI=1S/C29H31N3O5S/c1-20(2)19-37-38(34,35)24-12-13-26-25(18-24)27(29(33)31-26)28(21-6-4-3-5-7-21)30-22-8-10-23(11-9-22)32-14-16-36-17-15-32/h3-13,18,20,27H,14-17,19H2,1-2H3,(H,31,33). The number of hydrogen-bond acceptors (Lipinski definition) is 7. The number of amides is 1. The minimum Gasteiger partial charge on any atom is -0.378 e. The highest BCUT2D eigenvalue weighted by atomic mass is 32.2. The molecule has 0 saturated carbocycles. The van der Waals surface area contributed by atoms with Gasteiger partial charge in [-0.05, 0) is 59.5 Å². The summed E-state index contributed by atoms with van der Waals surface area (Å²) in [6.45, 7) is 6.92. The fourth-order valence-electron chi connectivity index (χ4n) is 4.56. The fourth-order valence-corrected chi connectivity index (χ4v) is 5.66. The Bertz CT molecular complexity index is 1430. The number of rotatable bonds is 8. The van der Waals surface area contributed by atoms with Crippen LogP contribution >= 0.6 is 0 Å². The molecule has 0 bridgehead atoms. The first-order valence-electron chi connectivity index (χ1n) is 12.7. The molecule has 1 saturated heterocycles. The van der Waals surface area contributed by atoms with E-state index in [0.29, 0.717) is 35.9 Å². The molecule has 2 heterocycles. The first-order valence-corrected chi connectivity index (χ1v) is 14.1. The smallest absolute Gasteiger partial charge is 0.296 e. The minimum absolute atomic E-state index is 0.0145. The summed E-state index contributed by atoms with van der Waals surface area (Å²) in [5.41, 5.74) is 4.23. The Morgan fingerprint density at radius 1 is 1.05 bits per heavy atom. The highest BCUT2D eigenvalue weighted by molar-refractivity contribution is 7.86. The molecule has 1 atom stereocenters. The Labute approximate surface area is 223 Å². The van der Waals surface area contributed by atoms with Crippen LogP contribution in [-0.2, 0) is 23.8 Å². The molecule has 3 aromatic carbocycles. The van der Waals surface area contributed by atoms with E-state index in [2.05, 4.69) is 10.2 Å². The quantitative estimate of drug-likeness (QED) is 0.332. The van der Waals surface area contributed by atoms with Crippen LogP contribution in [0.5, 0.6) is 0 Å². The van der Waals surface area contributed by atoms with Crippen LogP contribution in [0.4, 0.5) is 17.1 Å². The molecule has 1 fully saturated rings. The van der Waals surface area contributed by atoms with Gasteiger partial charge in [-0.25, -0.2) is 0 Å². The molecule has 0 aliphatic carbocycles. The summed E-state index contributed by atoms with van der Waals surface area (Å²) < 4.78 is 36.4. The van der Waals surface area contributed by atoms with Gasteiger partial charge in [0.15, 0.2) is 0 Å². The Hall–Kier alpha value is -3.53. The molecule has 5 rings (SSSR count). The van der Waals surface area contributed by atoms with E-state index in [1.54, 1.807) is 6.07 Å². The molecule has 0 spiro atoms. The number of fused-ring (bicyclic) bond motifs is 1. The van der Waals surface area contributed by atoms with Crippen molar-refractivity contribution in [2.45, 2.75) is 24.7 Å². The number of benzene rings is 3. The van der Waals surface area contributed by atoms with Gasteiger partial charge in [0.25, 0.3) is 10.1 Å². The lowest BCUT2D eigenvalue weighted by molar-refractivity contribution is -0.115. The van der Waals surface area contributed by atoms with Gasteiger partial charge < -0.3 is 15.0 Å². The van der Waals surface area contributed by atoms with Crippen molar-refractivity contribution in [3.8, 4) is 0 Å². The van der Waals surface area contributed by atoms with Gasteiger partial charge in [0.05, 0.1) is 36.1 Å². The number of anilines is 2. The van der Waals surface area contributed by atoms with Gasteiger partial charge >= 0.3 is 0 Å². The third-order valence-corrected chi connectivity index (χ3v) is 7.80. The van der Waals surface area contributed by atoms with Gasteiger partial charge in [-0.15, -0.1) is 0 Å². The van der Waals surface area contributed by atoms with Crippen molar-refractivity contribution < 1.29 is 22.1 Å². The molecular weight excluding hydrogens is 502 g/mol. The van der Waals surface area contributed by atoms with Crippen LogP contribution in [0.2, 0.25) is 0 Å². The van der Waals surface area contributed by atoms with Gasteiger partial charge in [0, 0.05) is 24.5 Å². The van der Waals surface area contributed by atoms with Crippen LogP contribution in [0.25, 0.3) is 0 Å². The number of nitrogens with zero attached hydrogens (tertiary/aromatic N) is 2. The fraction of sp³-hybridized carbons (Fsp3) is 0.310. The third kappa shape index (κ3) is 5.65. The molecule has 2 aliphatic heterocycles. The zero-order valence-electron chi connectivity index (χ0n) is 21.5. The number of morpholine rings is 1. The van der Waals surface area contributed by atoms with Gasteiger partial charge in [0.2, 0.25) is 5.91 Å². The number of carbonyl (C=O) groups excluding carboxylic acids is 1. The van der Waals surface area contributed by atoms with Gasteiger partial charge in [-0.3, -0.25) is 14.0 Å². The summed E-state index contributed by atoms with van der Waals surface area (Å²) in [5, 5.41) is 2.89. The molecule has 3 aromatic rings. The number of nitrogens with one attached hydrogen (secondary N) is 1. The Morgan fingerprint density at radius 3 is 2.45 bits per heavy atom. The van der Waals surface area contributed by atoms with Crippen molar-refractivity contribution in [1.29, 1.82) is 0 Å². The van der Waals surface area contributed by atoms with Crippen molar-refractivity contribution in [3.05, 3.63) is 83.9 Å². The second-order valence-electron chi connectivity index (χ2n) is 9.78. The maximum atomic E-state index is 13.3. The average Bonchev–Trinajstić information content (AvgIpc) is 3.26. The van der Waals surface area contributed by atoms with Crippen molar-refractivity contribution in [3.63, 3.8) is 0 Å². The first-order chi connectivity index (χ1) is 18.3. The zero-order valence-corrected chi connectivity index (χ0v) is 22.3. The Balaban J connectivity index is 1.53. The molecule has 2 aliphatic rings. The number of aliphatic imine (C=N–C) groups is 1. The van der Waals surface area contributed by atoms with Crippen LogP contribution in [-0.4, -0.2) is 52.9 Å². The molecule has 9 heteroatoms. The van der Waals surface area contributed by atoms with E-state index in [4.69, 9.17) is 13.9 Å². The second-order valence-corrected chi connectivity index (χ2v) is 11.4. The number of carbonyl (C=O) groups is 1. The van der Waals surface area contributed by atoms with Crippen molar-refractivity contribution >= 4 is 38.8 Å². The summed E-state index contributed by atoms with van der Waals surface area (Å²) in [5.74, 6) is -0.988. The Kier molecular flexibility index (Phi) is 7.60. The highest BCUT2D eigenvalue weighted by Gasteiger charge is 2.36. The largest absolute Gasteiger partial charge is 0.378 e. The molecular formula is C29H31N3O5S. The van der Waals surface area contributed by atoms with Crippen molar-refractivity contribution in [2.75, 3.05) is 43.1 Å². The SMILES string of the molecule is CC(C)COS(=O)(=O)c1ccc2c(c1)C(C(=Nc1ccc(N3CCOCC3)cc1)c1ccccc1)C(=O)N2. The molecule has 38 heavy (non-hydrogen) atoms. The van der Waals surface area contributed by atoms with Crippen LogP contribution in [0.1, 0.15) is 30.9 Å². The van der Waals surface area contributed by atoms with E-state index < -0.39 is 16.0 Å². The summed E-state index contributed by atoms with van der Waals surface area (Å²) >= 11 is 0. The minimum atomic E-state index is -3.98. The van der Waals surface area contributed by atoms with Crippen LogP contribution in [0, 0.1) is 5.92 Å². The lowest BCUT2D eigenvalue weighted by Crippen LogP contribution is -2.36. The van der Waals surface area contributed by atoms with E-state index in [0.717, 1.165) is 24.3 Å². The maximum absolute atomic E-state index is 13.3. The molecule has 0 radical (unpaired) electrons. The van der Waals surface area contributed by atoms with E-state index >= 15 is 0 Å². The van der Waals surface area contributed by atoms with E-state index in [1.807, 2.05) is 68.4 Å². The van der Waals surface area contributed by atoms with E-state index in [9.17, 15) is 13.2 Å². The molecule has 1 amide bonds. The molecule has 1 N–H and O–H groups in total. The second kappa shape index (κ2) is 11.1. The third-order valence-electron chi connectivity index (χ3n) is 6.52. The zero-order chi connectivity index (χ0) is 26.7. The van der Waals surface area contributed by atoms with Gasteiger partial charge in [0.1, 0.15) is 5.92 Å². The van der Waals surface area contributed by atoms with Crippen molar-refractivity contribution in [2.24, 2.45) is 10.9 Å². The number of hydrogen-bond donors (Lipinski definition) is 1. The van der Waals surface area contributed by atoms with E-state index in [-0.39, 0.29) is 23.3 Å². The molecule has 198 valence electrons. The monoisotopic (exact) mass is 533 g/mol. The lowest BCUT2D eigenvalue weighted by atomic mass is 9.90. The maximum Gasteiger partial charge on any atom is 0.296 e. The molecule has 0 aromatic heterocycles.